The van der Waals surface area contributed by atoms with Gasteiger partial charge in [0.05, 0.1) is 5.56 Å². The number of amides is 1. The van der Waals surface area contributed by atoms with Gasteiger partial charge in [-0.3, -0.25) is 9.78 Å². The van der Waals surface area contributed by atoms with Gasteiger partial charge in [0.2, 0.25) is 5.91 Å². The Labute approximate surface area is 116 Å². The molecular weight excluding hydrogens is 256 g/mol. The minimum Gasteiger partial charge on any atom is -0.478 e. The number of aromatic nitrogens is 1. The summed E-state index contributed by atoms with van der Waals surface area (Å²) in [7, 11) is 0. The van der Waals surface area contributed by atoms with Crippen LogP contribution in [0.1, 0.15) is 15.9 Å². The molecule has 1 amide bonds. The van der Waals surface area contributed by atoms with E-state index in [1.165, 1.54) is 6.20 Å². The summed E-state index contributed by atoms with van der Waals surface area (Å²) in [6, 6.07) is 12.6. The first-order chi connectivity index (χ1) is 9.59. The summed E-state index contributed by atoms with van der Waals surface area (Å²) in [5, 5.41) is 8.29. The van der Waals surface area contributed by atoms with Crippen LogP contribution in [-0.4, -0.2) is 22.0 Å². The first-order valence-corrected chi connectivity index (χ1v) is 5.75. The Morgan fingerprint density at radius 1 is 1.10 bits per heavy atom. The van der Waals surface area contributed by atoms with E-state index in [0.29, 0.717) is 5.56 Å². The van der Waals surface area contributed by atoms with E-state index in [-0.39, 0.29) is 0 Å². The molecule has 3 N–H and O–H groups in total. The molecule has 0 saturated heterocycles. The first-order valence-electron chi connectivity index (χ1n) is 5.75. The molecule has 0 fully saturated rings. The molecule has 5 heteroatoms. The zero-order chi connectivity index (χ0) is 14.8. The molecule has 0 aliphatic heterocycles. The van der Waals surface area contributed by atoms with Crippen molar-refractivity contribution in [3.8, 4) is 0 Å². The van der Waals surface area contributed by atoms with Gasteiger partial charge in [-0.1, -0.05) is 30.3 Å². The standard InChI is InChI=1S/C9H8O2.C6H6N2O/c10-9(11)7-6-8-4-2-1-3-5-8;7-6(9)5-2-1-3-8-4-5/h1-7H,(H,10,11);1-4H,(H2,7,9)/b7-6+;. The summed E-state index contributed by atoms with van der Waals surface area (Å²) in [5.74, 6) is -1.36. The van der Waals surface area contributed by atoms with Crippen LogP contribution in [0.25, 0.3) is 6.08 Å². The highest BCUT2D eigenvalue weighted by Crippen LogP contribution is 1.99. The Kier molecular flexibility index (Phi) is 6.20. The highest BCUT2D eigenvalue weighted by molar-refractivity contribution is 5.92. The number of carboxylic acid groups (broad SMARTS) is 1. The van der Waals surface area contributed by atoms with Gasteiger partial charge in [0.15, 0.2) is 0 Å². The average molecular weight is 270 g/mol. The Bertz CT molecular complexity index is 581. The second kappa shape index (κ2) is 8.20. The van der Waals surface area contributed by atoms with Crippen molar-refractivity contribution in [3.05, 3.63) is 72.1 Å². The lowest BCUT2D eigenvalue weighted by atomic mass is 10.2. The number of carbonyl (C=O) groups is 2. The summed E-state index contributed by atoms with van der Waals surface area (Å²) in [6.45, 7) is 0. The molecule has 0 saturated carbocycles. The van der Waals surface area contributed by atoms with Gasteiger partial charge in [-0.2, -0.15) is 0 Å². The van der Waals surface area contributed by atoms with Crippen LogP contribution in [0.2, 0.25) is 0 Å². The van der Waals surface area contributed by atoms with Gasteiger partial charge < -0.3 is 10.8 Å². The van der Waals surface area contributed by atoms with Gasteiger partial charge in [0, 0.05) is 18.5 Å². The molecule has 2 aromatic rings. The number of benzene rings is 1. The fraction of sp³-hybridized carbons (Fsp3) is 0. The van der Waals surface area contributed by atoms with Crippen molar-refractivity contribution in [2.24, 2.45) is 5.73 Å². The first kappa shape index (κ1) is 15.1. The predicted molar refractivity (Wildman–Crippen MR) is 75.9 cm³/mol. The van der Waals surface area contributed by atoms with Crippen molar-refractivity contribution < 1.29 is 14.7 Å². The minimum atomic E-state index is -0.922. The van der Waals surface area contributed by atoms with Crippen LogP contribution in [0.3, 0.4) is 0 Å². The maximum atomic E-state index is 10.4. The number of rotatable bonds is 3. The molecule has 0 spiro atoms. The smallest absolute Gasteiger partial charge is 0.328 e. The monoisotopic (exact) mass is 270 g/mol. The van der Waals surface area contributed by atoms with E-state index in [0.717, 1.165) is 11.6 Å². The molecule has 1 heterocycles. The van der Waals surface area contributed by atoms with Crippen LogP contribution in [0.4, 0.5) is 0 Å². The largest absolute Gasteiger partial charge is 0.478 e. The van der Waals surface area contributed by atoms with E-state index in [1.54, 1.807) is 24.4 Å². The lowest BCUT2D eigenvalue weighted by Gasteiger charge is -1.88. The fourth-order valence-corrected chi connectivity index (χ4v) is 1.24. The van der Waals surface area contributed by atoms with Crippen LogP contribution in [0.5, 0.6) is 0 Å². The third kappa shape index (κ3) is 6.11. The average Bonchev–Trinajstić information content (AvgIpc) is 2.48. The second-order valence-electron chi connectivity index (χ2n) is 3.69. The molecule has 0 bridgehead atoms. The van der Waals surface area contributed by atoms with Crippen LogP contribution >= 0.6 is 0 Å². The van der Waals surface area contributed by atoms with Crippen molar-refractivity contribution in [2.45, 2.75) is 0 Å². The van der Waals surface area contributed by atoms with E-state index >= 15 is 0 Å². The molecule has 0 radical (unpaired) electrons. The molecule has 5 nitrogen and oxygen atoms in total. The summed E-state index contributed by atoms with van der Waals surface area (Å²) in [6.07, 6.45) is 5.70. The van der Waals surface area contributed by atoms with E-state index in [9.17, 15) is 9.59 Å². The Balaban J connectivity index is 0.000000204. The van der Waals surface area contributed by atoms with E-state index in [4.69, 9.17) is 10.8 Å². The topological polar surface area (TPSA) is 93.3 Å². The number of carboxylic acids is 1. The molecule has 1 aromatic heterocycles. The van der Waals surface area contributed by atoms with Gasteiger partial charge >= 0.3 is 5.97 Å². The van der Waals surface area contributed by atoms with E-state index < -0.39 is 11.9 Å². The van der Waals surface area contributed by atoms with Crippen molar-refractivity contribution >= 4 is 18.0 Å². The van der Waals surface area contributed by atoms with Crippen LogP contribution in [0, 0.1) is 0 Å². The number of primary amides is 1. The molecular formula is C15H14N2O3. The molecule has 0 unspecified atom stereocenters. The minimum absolute atomic E-state index is 0.442. The van der Waals surface area contributed by atoms with Crippen LogP contribution in [0.15, 0.2) is 60.9 Å². The molecule has 0 atom stereocenters. The highest BCUT2D eigenvalue weighted by Gasteiger charge is 1.94. The lowest BCUT2D eigenvalue weighted by Crippen LogP contribution is -2.10. The molecule has 1 aromatic carbocycles. The second-order valence-corrected chi connectivity index (χ2v) is 3.69. The number of hydrogen-bond acceptors (Lipinski definition) is 3. The number of carbonyl (C=O) groups excluding carboxylic acids is 1. The molecule has 20 heavy (non-hydrogen) atoms. The van der Waals surface area contributed by atoms with Crippen molar-refractivity contribution in [2.75, 3.05) is 0 Å². The predicted octanol–water partition coefficient (Wildman–Crippen LogP) is 1.96. The fourth-order valence-electron chi connectivity index (χ4n) is 1.24. The van der Waals surface area contributed by atoms with Gasteiger partial charge in [0.1, 0.15) is 0 Å². The molecule has 0 aliphatic carbocycles. The van der Waals surface area contributed by atoms with E-state index in [2.05, 4.69) is 4.98 Å². The third-order valence-electron chi connectivity index (χ3n) is 2.16. The van der Waals surface area contributed by atoms with Crippen molar-refractivity contribution in [1.29, 1.82) is 0 Å². The summed E-state index contributed by atoms with van der Waals surface area (Å²) >= 11 is 0. The van der Waals surface area contributed by atoms with Crippen molar-refractivity contribution in [3.63, 3.8) is 0 Å². The third-order valence-corrected chi connectivity index (χ3v) is 2.16. The summed E-state index contributed by atoms with van der Waals surface area (Å²) in [5.41, 5.74) is 6.28. The SMILES string of the molecule is NC(=O)c1cccnc1.O=C(O)/C=C/c1ccccc1. The lowest BCUT2D eigenvalue weighted by molar-refractivity contribution is -0.131. The van der Waals surface area contributed by atoms with Gasteiger partial charge in [-0.15, -0.1) is 0 Å². The van der Waals surface area contributed by atoms with Crippen molar-refractivity contribution in [1.82, 2.24) is 4.98 Å². The summed E-state index contributed by atoms with van der Waals surface area (Å²) in [4.78, 5) is 24.2. The maximum absolute atomic E-state index is 10.4. The Morgan fingerprint density at radius 2 is 1.80 bits per heavy atom. The summed E-state index contributed by atoms with van der Waals surface area (Å²) < 4.78 is 0. The van der Waals surface area contributed by atoms with Gasteiger partial charge in [0.25, 0.3) is 0 Å². The molecule has 0 aliphatic rings. The van der Waals surface area contributed by atoms with Crippen LogP contribution < -0.4 is 5.73 Å². The Morgan fingerprint density at radius 3 is 2.25 bits per heavy atom. The highest BCUT2D eigenvalue weighted by atomic mass is 16.4. The van der Waals surface area contributed by atoms with Gasteiger partial charge in [-0.05, 0) is 23.8 Å². The number of nitrogens with two attached hydrogens (primary N) is 1. The normalized spacial score (nSPS) is 9.60. The quantitative estimate of drug-likeness (QED) is 0.834. The Hall–Kier alpha value is -2.95. The number of pyridine rings is 1. The number of aliphatic carboxylic acids is 1. The van der Waals surface area contributed by atoms with E-state index in [1.807, 2.05) is 30.3 Å². The van der Waals surface area contributed by atoms with Crippen LogP contribution in [-0.2, 0) is 4.79 Å². The molecule has 2 rings (SSSR count). The zero-order valence-corrected chi connectivity index (χ0v) is 10.6. The molecule has 102 valence electrons. The maximum Gasteiger partial charge on any atom is 0.328 e. The number of nitrogens with zero attached hydrogens (tertiary/aromatic N) is 1. The van der Waals surface area contributed by atoms with Gasteiger partial charge in [-0.25, -0.2) is 4.79 Å². The number of hydrogen-bond donors (Lipinski definition) is 2. The zero-order valence-electron chi connectivity index (χ0n) is 10.6.